The summed E-state index contributed by atoms with van der Waals surface area (Å²) in [4.78, 5) is 37.3. The standard InChI is InChI=1S/C65H107NO57/c66-19-23(80)46(116-60-36(93)26(83)22(79)18(111-60)9-107-56-32(89)24(81)20(77)15(4-69)108-56)17(6-71)110-55(19)118-48-31(88)37(94)61(122-52(48)54(100)101)117-47-38(95)42(14(76)8-105-57-33(90)27(84)29(86)41(112-57)13(75)7-106-58-34(91)28(85)30(87)50(120-58)53(98)99)113-62(39(47)96)119-49-40(97)63(114-43-10(72)1-65(104,64(102)103)123-45(43)12(74)3-68)115-44(11(73)2-67)51(49)121-59-35(92)25(82)21(78)16(5-70)109-59/h10-52,55-63,67-97,104H,1-9,66H2,(H,98,99)(H,100,101)(H,102,103)/t10-,11+,12-,13+,14+,15-,16-,17-,18-,19-,20-,21-,22-,23-,24+,25+,26+,27+,28+,29+,30-,31-,32-,33+,34-,35-,36-,37-,38-,39+,40+,41-,42-,43-,44-,45-,46-,47+,48-,49-,50+,51-,52+,55-,56-,57+,58-,59+,60-,61+,62-,63+,65-/m1/s1. The highest BCUT2D eigenvalue weighted by Gasteiger charge is 2.63. The number of carboxylic acids is 3. The van der Waals surface area contributed by atoms with E-state index >= 15 is 0 Å². The SMILES string of the molecule is N[C@H]1[C@@H](O[C@@H]2[C@H](O)[C@@H](O)[C@@H](O[C@@H]3[C@H](O)[C@@H](O[C@@H]4[C@H](O)[C@@H](O[C@H]5[C@@H]([C@H](O)CO)O[C@@](O)(C(=O)O)C[C@H]5O)O[C@H]([C@@H](O)CO)[C@H]4O[C@@H]4O[C@H](CO)[C@@H](O)[C@H](O)[C@H]4O)O[C@H]([C@@H](O)CO[C@H]4O[C@H]([C@@H](O)CO[C@@H]5O[C@H](C(=O)O)[C@H](O)[C@H](O)[C@H]5O)[C@@H](O)[C@H](O)[C@@H]4O)[C@H]3O)O[C@@H]2C(=O)O)O[C@H](CO)[C@@H](O[C@H]2O[C@H](CO[C@@H]3O[C@H](CO)[C@@H](O)[C@H](O)[C@H]3O)[C@@H](O)[C@H](O)[C@H]2O)[C@@H]1O. The van der Waals surface area contributed by atoms with Crippen LogP contribution in [-0.4, -0.2) is 574 Å². The lowest BCUT2D eigenvalue weighted by Gasteiger charge is -2.52. The van der Waals surface area contributed by atoms with Crippen molar-refractivity contribution in [2.75, 3.05) is 52.9 Å². The summed E-state index contributed by atoms with van der Waals surface area (Å²) in [5, 5.41) is 383. The maximum Gasteiger partial charge on any atom is 0.364 e. The molecule has 0 aromatic heterocycles. The topological polar surface area (TPSA) is 961 Å². The molecule has 0 aromatic rings. The van der Waals surface area contributed by atoms with Crippen LogP contribution < -0.4 is 5.73 Å². The van der Waals surface area contributed by atoms with Crippen molar-refractivity contribution in [3.8, 4) is 0 Å². The van der Waals surface area contributed by atoms with Crippen molar-refractivity contribution in [3.05, 3.63) is 0 Å². The Bertz CT molecular complexity index is 3320. The first-order chi connectivity index (χ1) is 57.8. The molecule has 0 bridgehead atoms. The summed E-state index contributed by atoms with van der Waals surface area (Å²) in [6.45, 7) is -9.66. The van der Waals surface area contributed by atoms with Crippen LogP contribution in [0.3, 0.4) is 0 Å². The highest BCUT2D eigenvalue weighted by Crippen LogP contribution is 2.42. The first-order valence-corrected chi connectivity index (χ1v) is 38.1. The zero-order valence-corrected chi connectivity index (χ0v) is 63.6. The van der Waals surface area contributed by atoms with Crippen molar-refractivity contribution >= 4 is 17.9 Å². The molecule has 53 atom stereocenters. The number of nitrogens with two attached hydrogens (primary N) is 1. The van der Waals surface area contributed by atoms with Gasteiger partial charge in [-0.15, -0.1) is 0 Å². The predicted octanol–water partition coefficient (Wildman–Crippen LogP) is -24.7. The van der Waals surface area contributed by atoms with Crippen LogP contribution in [0, 0.1) is 0 Å². The number of hydrogen-bond donors (Lipinski definition) is 36. The second-order valence-corrected chi connectivity index (χ2v) is 30.7. The van der Waals surface area contributed by atoms with Crippen LogP contribution in [0.2, 0.25) is 0 Å². The van der Waals surface area contributed by atoms with E-state index in [1.165, 1.54) is 0 Å². The zero-order valence-electron chi connectivity index (χ0n) is 63.6. The maximum absolute atomic E-state index is 13.3. The number of carboxylic acid groups (broad SMARTS) is 3. The number of aliphatic hydroxyl groups excluding tert-OH is 31. The van der Waals surface area contributed by atoms with E-state index in [-0.39, 0.29) is 0 Å². The number of aliphatic carboxylic acids is 3. The van der Waals surface area contributed by atoms with Crippen molar-refractivity contribution in [1.82, 2.24) is 0 Å². The Balaban J connectivity index is 0.934. The minimum atomic E-state index is -3.38. The summed E-state index contributed by atoms with van der Waals surface area (Å²) in [6.07, 6.45) is -121. The van der Waals surface area contributed by atoms with E-state index in [4.69, 9.17) is 95.7 Å². The summed E-state index contributed by atoms with van der Waals surface area (Å²) < 4.78 is 107. The second kappa shape index (κ2) is 42.7. The van der Waals surface area contributed by atoms with Gasteiger partial charge in [0.1, 0.15) is 238 Å². The highest BCUT2D eigenvalue weighted by atomic mass is 16.8. The second-order valence-electron chi connectivity index (χ2n) is 30.7. The smallest absolute Gasteiger partial charge is 0.364 e. The van der Waals surface area contributed by atoms with Crippen molar-refractivity contribution in [1.29, 1.82) is 0 Å². The van der Waals surface area contributed by atoms with Crippen LogP contribution >= 0.6 is 0 Å². The molecule has 0 aliphatic carbocycles. The van der Waals surface area contributed by atoms with Gasteiger partial charge in [0.05, 0.1) is 65.0 Å². The van der Waals surface area contributed by atoms with Gasteiger partial charge in [-0.3, -0.25) is 0 Å². The molecule has 58 heteroatoms. The average Bonchev–Trinajstić information content (AvgIpc) is 0.754. The van der Waals surface area contributed by atoms with Gasteiger partial charge in [0.2, 0.25) is 0 Å². The molecule has 0 aromatic carbocycles. The van der Waals surface area contributed by atoms with E-state index in [0.717, 1.165) is 0 Å². The van der Waals surface area contributed by atoms with Crippen LogP contribution in [-0.2, 0) is 104 Å². The Hall–Kier alpha value is -3.67. The Morgan fingerprint density at radius 3 is 1.20 bits per heavy atom. The lowest BCUT2D eigenvalue weighted by atomic mass is 9.91. The van der Waals surface area contributed by atoms with Gasteiger partial charge < -0.3 is 274 Å². The van der Waals surface area contributed by atoms with Gasteiger partial charge >= 0.3 is 17.9 Å². The summed E-state index contributed by atoms with van der Waals surface area (Å²) >= 11 is 0. The Labute approximate surface area is 689 Å². The largest absolute Gasteiger partial charge is 0.479 e. The van der Waals surface area contributed by atoms with E-state index in [1.54, 1.807) is 0 Å². The van der Waals surface area contributed by atoms with Gasteiger partial charge in [-0.05, 0) is 0 Å². The van der Waals surface area contributed by atoms with Crippen LogP contribution in [0.4, 0.5) is 0 Å². The van der Waals surface area contributed by atoms with Gasteiger partial charge in [-0.2, -0.15) is 0 Å². The molecular weight excluding hydrogens is 1710 g/mol. The van der Waals surface area contributed by atoms with Gasteiger partial charge in [0, 0.05) is 6.42 Å². The molecule has 10 aliphatic rings. The molecule has 714 valence electrons. The van der Waals surface area contributed by atoms with Gasteiger partial charge in [-0.1, -0.05) is 0 Å². The predicted molar refractivity (Wildman–Crippen MR) is 362 cm³/mol. The van der Waals surface area contributed by atoms with Crippen molar-refractivity contribution < 1.29 is 283 Å². The minimum Gasteiger partial charge on any atom is -0.479 e. The first kappa shape index (κ1) is 101. The third-order valence-electron chi connectivity index (χ3n) is 22.4. The molecule has 123 heavy (non-hydrogen) atoms. The number of ether oxygens (including phenoxy) is 19. The Morgan fingerprint density at radius 2 is 0.683 bits per heavy atom. The van der Waals surface area contributed by atoms with E-state index in [1.807, 2.05) is 0 Å². The van der Waals surface area contributed by atoms with E-state index < -0.39 is 402 Å². The number of aliphatic hydroxyl groups is 32. The van der Waals surface area contributed by atoms with Crippen molar-refractivity contribution in [3.63, 3.8) is 0 Å². The first-order valence-electron chi connectivity index (χ1n) is 38.1. The molecule has 58 nitrogen and oxygen atoms in total. The van der Waals surface area contributed by atoms with E-state index in [9.17, 15) is 193 Å². The third-order valence-corrected chi connectivity index (χ3v) is 22.4. The third kappa shape index (κ3) is 21.4. The van der Waals surface area contributed by atoms with Gasteiger partial charge in [0.25, 0.3) is 5.79 Å². The quantitative estimate of drug-likeness (QED) is 0.0290. The molecule has 0 unspecified atom stereocenters. The van der Waals surface area contributed by atoms with E-state index in [2.05, 4.69) is 0 Å². The number of rotatable bonds is 33. The monoisotopic (exact) mass is 1810 g/mol. The Morgan fingerprint density at radius 1 is 0.317 bits per heavy atom. The molecule has 10 fully saturated rings. The highest BCUT2D eigenvalue weighted by molar-refractivity contribution is 5.75. The summed E-state index contributed by atoms with van der Waals surface area (Å²) in [6, 6.07) is -2.06. The zero-order chi connectivity index (χ0) is 91.1. The lowest BCUT2D eigenvalue weighted by molar-refractivity contribution is -0.411. The van der Waals surface area contributed by atoms with Crippen molar-refractivity contribution in [2.24, 2.45) is 5.73 Å². The summed E-state index contributed by atoms with van der Waals surface area (Å²) in [7, 11) is 0. The maximum atomic E-state index is 13.3. The average molecular weight is 1810 g/mol. The normalized spacial score (nSPS) is 50.6. The summed E-state index contributed by atoms with van der Waals surface area (Å²) in [5.41, 5.74) is 6.33. The molecule has 37 N–H and O–H groups in total. The number of carbonyl (C=O) groups is 3. The van der Waals surface area contributed by atoms with Crippen LogP contribution in [0.25, 0.3) is 0 Å². The molecule has 10 aliphatic heterocycles. The van der Waals surface area contributed by atoms with Crippen molar-refractivity contribution in [2.45, 2.75) is 331 Å². The summed E-state index contributed by atoms with van der Waals surface area (Å²) in [5.74, 6) is -9.59. The molecule has 0 amide bonds. The molecule has 0 saturated carbocycles. The molecule has 0 radical (unpaired) electrons. The fourth-order valence-corrected chi connectivity index (χ4v) is 15.2. The molecule has 10 saturated heterocycles. The fourth-order valence-electron chi connectivity index (χ4n) is 15.2. The Kier molecular flexibility index (Phi) is 35.2. The number of hydrogen-bond acceptors (Lipinski definition) is 55. The molecular formula is C65H107NO57. The molecule has 10 heterocycles. The molecule has 10 rings (SSSR count). The fraction of sp³-hybridized carbons (Fsp3) is 0.954. The van der Waals surface area contributed by atoms with Crippen LogP contribution in [0.15, 0.2) is 0 Å². The van der Waals surface area contributed by atoms with E-state index in [0.29, 0.717) is 0 Å². The van der Waals surface area contributed by atoms with Gasteiger partial charge in [-0.25, -0.2) is 14.4 Å². The van der Waals surface area contributed by atoms with Gasteiger partial charge in [0.15, 0.2) is 68.8 Å². The lowest BCUT2D eigenvalue weighted by Crippen LogP contribution is -2.71. The minimum absolute atomic E-state index is 0.886. The molecule has 0 spiro atoms. The van der Waals surface area contributed by atoms with Crippen LogP contribution in [0.5, 0.6) is 0 Å². The van der Waals surface area contributed by atoms with Crippen LogP contribution in [0.1, 0.15) is 6.42 Å².